The van der Waals surface area contributed by atoms with E-state index < -0.39 is 0 Å². The van der Waals surface area contributed by atoms with Crippen LogP contribution in [0, 0.1) is 0 Å². The van der Waals surface area contributed by atoms with Gasteiger partial charge in [-0.15, -0.1) is 11.3 Å². The SMILES string of the molecule is c1ccc(-c2cc(-c3cccc(-n4c5ccccc5c5ccccc54)c3)nc3c2sc2ccccc23)cc1. The van der Waals surface area contributed by atoms with Crippen molar-refractivity contribution in [1.29, 1.82) is 0 Å². The Morgan fingerprint density at radius 1 is 0.526 bits per heavy atom. The fraction of sp³-hybridized carbons (Fsp3) is 0. The van der Waals surface area contributed by atoms with Crippen LogP contribution in [0.3, 0.4) is 0 Å². The normalized spacial score (nSPS) is 11.7. The van der Waals surface area contributed by atoms with Crippen LogP contribution in [-0.4, -0.2) is 9.55 Å². The predicted molar refractivity (Wildman–Crippen MR) is 162 cm³/mol. The van der Waals surface area contributed by atoms with Gasteiger partial charge in [-0.25, -0.2) is 4.98 Å². The summed E-state index contributed by atoms with van der Waals surface area (Å²) < 4.78 is 4.87. The minimum atomic E-state index is 0.988. The van der Waals surface area contributed by atoms with Gasteiger partial charge in [0.2, 0.25) is 0 Å². The van der Waals surface area contributed by atoms with Crippen LogP contribution in [0.2, 0.25) is 0 Å². The lowest BCUT2D eigenvalue weighted by molar-refractivity contribution is 1.18. The van der Waals surface area contributed by atoms with Crippen LogP contribution in [-0.2, 0) is 0 Å². The van der Waals surface area contributed by atoms with Gasteiger partial charge in [-0.3, -0.25) is 0 Å². The Kier molecular flexibility index (Phi) is 4.73. The van der Waals surface area contributed by atoms with Gasteiger partial charge < -0.3 is 4.57 Å². The number of thiophene rings is 1. The first-order valence-corrected chi connectivity index (χ1v) is 13.6. The molecule has 0 saturated heterocycles. The first-order valence-electron chi connectivity index (χ1n) is 12.8. The molecule has 0 aliphatic heterocycles. The van der Waals surface area contributed by atoms with Gasteiger partial charge in [0.1, 0.15) is 0 Å². The van der Waals surface area contributed by atoms with E-state index in [1.54, 1.807) is 0 Å². The lowest BCUT2D eigenvalue weighted by Crippen LogP contribution is -1.95. The number of hydrogen-bond acceptors (Lipinski definition) is 2. The first kappa shape index (κ1) is 21.4. The van der Waals surface area contributed by atoms with Crippen LogP contribution in [0.4, 0.5) is 0 Å². The van der Waals surface area contributed by atoms with E-state index in [0.29, 0.717) is 0 Å². The summed E-state index contributed by atoms with van der Waals surface area (Å²) >= 11 is 1.82. The lowest BCUT2D eigenvalue weighted by atomic mass is 10.0. The average molecular weight is 503 g/mol. The van der Waals surface area contributed by atoms with Gasteiger partial charge >= 0.3 is 0 Å². The molecular weight excluding hydrogens is 480 g/mol. The van der Waals surface area contributed by atoms with Crippen LogP contribution in [0.25, 0.3) is 70.2 Å². The Balaban J connectivity index is 1.39. The second-order valence-corrected chi connectivity index (χ2v) is 10.7. The molecule has 5 aromatic carbocycles. The minimum Gasteiger partial charge on any atom is -0.309 e. The van der Waals surface area contributed by atoms with E-state index in [0.717, 1.165) is 22.5 Å². The third-order valence-electron chi connectivity index (χ3n) is 7.39. The quantitative estimate of drug-likeness (QED) is 0.235. The molecule has 0 aliphatic rings. The molecule has 0 N–H and O–H groups in total. The Bertz CT molecular complexity index is 2080. The molecule has 0 fully saturated rings. The van der Waals surface area contributed by atoms with Crippen molar-refractivity contribution in [2.75, 3.05) is 0 Å². The van der Waals surface area contributed by atoms with E-state index in [9.17, 15) is 0 Å². The largest absolute Gasteiger partial charge is 0.309 e. The van der Waals surface area contributed by atoms with E-state index in [2.05, 4.69) is 138 Å². The number of pyridine rings is 1. The Morgan fingerprint density at radius 2 is 1.16 bits per heavy atom. The fourth-order valence-electron chi connectivity index (χ4n) is 5.67. The van der Waals surface area contributed by atoms with Gasteiger partial charge in [-0.2, -0.15) is 0 Å². The summed E-state index contributed by atoms with van der Waals surface area (Å²) in [6.07, 6.45) is 0. The second kappa shape index (κ2) is 8.41. The molecule has 0 aliphatic carbocycles. The summed E-state index contributed by atoms with van der Waals surface area (Å²) in [5.74, 6) is 0. The molecule has 2 nitrogen and oxygen atoms in total. The molecule has 38 heavy (non-hydrogen) atoms. The maximum Gasteiger partial charge on any atom is 0.0902 e. The van der Waals surface area contributed by atoms with Crippen LogP contribution in [0.1, 0.15) is 0 Å². The van der Waals surface area contributed by atoms with E-state index in [1.165, 1.54) is 47.7 Å². The van der Waals surface area contributed by atoms with Crippen molar-refractivity contribution >= 4 is 53.4 Å². The van der Waals surface area contributed by atoms with E-state index >= 15 is 0 Å². The standard InChI is InChI=1S/C35H22N2S/c1-2-11-23(12-3-1)29-22-30(36-34-28-17-6-9-20-33(28)38-35(29)34)24-13-10-14-25(21-24)37-31-18-7-4-15-26(31)27-16-5-8-19-32(27)37/h1-22H. The topological polar surface area (TPSA) is 17.8 Å². The molecule has 0 spiro atoms. The van der Waals surface area contributed by atoms with Crippen molar-refractivity contribution in [3.63, 3.8) is 0 Å². The summed E-state index contributed by atoms with van der Waals surface area (Å²) in [5.41, 5.74) is 9.18. The zero-order valence-electron chi connectivity index (χ0n) is 20.5. The average Bonchev–Trinajstić information content (AvgIpc) is 3.53. The molecule has 0 bridgehead atoms. The molecule has 8 aromatic rings. The Morgan fingerprint density at radius 3 is 1.92 bits per heavy atom. The number of fused-ring (bicyclic) bond motifs is 6. The van der Waals surface area contributed by atoms with Gasteiger partial charge in [0, 0.05) is 37.7 Å². The van der Waals surface area contributed by atoms with Gasteiger partial charge in [0.05, 0.1) is 26.9 Å². The smallest absolute Gasteiger partial charge is 0.0902 e. The third-order valence-corrected chi connectivity index (χ3v) is 8.59. The predicted octanol–water partition coefficient (Wildman–Crippen LogP) is 9.88. The summed E-state index contributed by atoms with van der Waals surface area (Å²) in [4.78, 5) is 5.27. The van der Waals surface area contributed by atoms with Crippen LogP contribution in [0.5, 0.6) is 0 Å². The highest BCUT2D eigenvalue weighted by Gasteiger charge is 2.16. The number of hydrogen-bond donors (Lipinski definition) is 0. The molecule has 0 atom stereocenters. The Hall–Kier alpha value is -4.73. The second-order valence-electron chi connectivity index (χ2n) is 9.62. The molecule has 3 heteroatoms. The highest BCUT2D eigenvalue weighted by Crippen LogP contribution is 2.41. The maximum atomic E-state index is 5.27. The third kappa shape index (κ3) is 3.22. The monoisotopic (exact) mass is 502 g/mol. The molecule has 0 unspecified atom stereocenters. The van der Waals surface area contributed by atoms with Crippen molar-refractivity contribution in [2.24, 2.45) is 0 Å². The molecule has 3 heterocycles. The van der Waals surface area contributed by atoms with Gasteiger partial charge in [0.25, 0.3) is 0 Å². The summed E-state index contributed by atoms with van der Waals surface area (Å²) in [6.45, 7) is 0. The maximum absolute atomic E-state index is 5.27. The van der Waals surface area contributed by atoms with Crippen LogP contribution < -0.4 is 0 Å². The number of benzene rings is 5. The molecule has 178 valence electrons. The molecule has 0 radical (unpaired) electrons. The van der Waals surface area contributed by atoms with Crippen molar-refractivity contribution in [1.82, 2.24) is 9.55 Å². The summed E-state index contributed by atoms with van der Waals surface area (Å²) in [7, 11) is 0. The number of aromatic nitrogens is 2. The fourth-order valence-corrected chi connectivity index (χ4v) is 6.85. The molecule has 0 saturated carbocycles. The van der Waals surface area contributed by atoms with Gasteiger partial charge in [0.15, 0.2) is 0 Å². The number of rotatable bonds is 3. The zero-order chi connectivity index (χ0) is 25.1. The first-order chi connectivity index (χ1) is 18.8. The van der Waals surface area contributed by atoms with E-state index in [4.69, 9.17) is 4.98 Å². The van der Waals surface area contributed by atoms with Crippen molar-refractivity contribution in [2.45, 2.75) is 0 Å². The molecule has 3 aromatic heterocycles. The molecular formula is C35H22N2S. The van der Waals surface area contributed by atoms with Crippen LogP contribution >= 0.6 is 11.3 Å². The molecule has 8 rings (SSSR count). The van der Waals surface area contributed by atoms with Crippen LogP contribution in [0.15, 0.2) is 133 Å². The van der Waals surface area contributed by atoms with Gasteiger partial charge in [-0.05, 0) is 42.0 Å². The van der Waals surface area contributed by atoms with Crippen molar-refractivity contribution < 1.29 is 0 Å². The minimum absolute atomic E-state index is 0.988. The van der Waals surface area contributed by atoms with E-state index in [-0.39, 0.29) is 0 Å². The highest BCUT2D eigenvalue weighted by molar-refractivity contribution is 7.26. The number of para-hydroxylation sites is 2. The Labute approximate surface area is 224 Å². The summed E-state index contributed by atoms with van der Waals surface area (Å²) in [5, 5.41) is 3.75. The van der Waals surface area contributed by atoms with Crippen molar-refractivity contribution in [3.8, 4) is 28.1 Å². The summed E-state index contributed by atoms with van der Waals surface area (Å²) in [6, 6.07) is 47.6. The molecule has 0 amide bonds. The van der Waals surface area contributed by atoms with Gasteiger partial charge in [-0.1, -0.05) is 97.1 Å². The highest BCUT2D eigenvalue weighted by atomic mass is 32.1. The number of nitrogens with zero attached hydrogens (tertiary/aromatic N) is 2. The van der Waals surface area contributed by atoms with E-state index in [1.807, 2.05) is 11.3 Å². The lowest BCUT2D eigenvalue weighted by Gasteiger charge is -2.12. The van der Waals surface area contributed by atoms with Crippen molar-refractivity contribution in [3.05, 3.63) is 133 Å². The zero-order valence-corrected chi connectivity index (χ0v) is 21.3.